The third kappa shape index (κ3) is 4.68. The number of nitrogens with one attached hydrogen (secondary N) is 1. The Hall–Kier alpha value is -4.52. The Bertz CT molecular complexity index is 1430. The molecule has 0 bridgehead atoms. The molecule has 1 N–H and O–H groups in total. The number of hydrogen-bond acceptors (Lipinski definition) is 4. The van der Waals surface area contributed by atoms with Crippen LogP contribution in [0.15, 0.2) is 91.1 Å². The van der Waals surface area contributed by atoms with Gasteiger partial charge in [0.15, 0.2) is 0 Å². The van der Waals surface area contributed by atoms with Crippen LogP contribution in [0.2, 0.25) is 0 Å². The van der Waals surface area contributed by atoms with Gasteiger partial charge in [-0.1, -0.05) is 36.4 Å². The maximum atomic E-state index is 13.4. The van der Waals surface area contributed by atoms with Gasteiger partial charge in [0.1, 0.15) is 22.8 Å². The number of carbonyl (C=O) groups is 2. The molecule has 2 amide bonds. The summed E-state index contributed by atoms with van der Waals surface area (Å²) in [6, 6.07) is 24.5. The highest BCUT2D eigenvalue weighted by atomic mass is 19.1. The summed E-state index contributed by atoms with van der Waals surface area (Å²) in [7, 11) is 3.45. The third-order valence-electron chi connectivity index (χ3n) is 6.59. The van der Waals surface area contributed by atoms with Crippen LogP contribution in [0.5, 0.6) is 5.75 Å². The molecular weight excluding hydrogens is 469 g/mol. The van der Waals surface area contributed by atoms with E-state index >= 15 is 0 Å². The van der Waals surface area contributed by atoms with Gasteiger partial charge in [-0.05, 0) is 65.2 Å². The highest BCUT2D eigenvalue weighted by Crippen LogP contribution is 2.41. The minimum absolute atomic E-state index is 0.0496. The monoisotopic (exact) mass is 495 g/mol. The van der Waals surface area contributed by atoms with Gasteiger partial charge in [-0.25, -0.2) is 4.39 Å². The molecule has 6 nitrogen and oxygen atoms in total. The molecule has 1 aliphatic rings. The van der Waals surface area contributed by atoms with Crippen molar-refractivity contribution in [2.24, 2.45) is 0 Å². The van der Waals surface area contributed by atoms with E-state index in [-0.39, 0.29) is 11.8 Å². The topological polar surface area (TPSA) is 71.5 Å². The van der Waals surface area contributed by atoms with Gasteiger partial charge in [0.05, 0.1) is 6.61 Å². The van der Waals surface area contributed by atoms with Crippen molar-refractivity contribution in [2.45, 2.75) is 12.0 Å². The Balaban J connectivity index is 1.51. The number of nitrogens with zero attached hydrogens (tertiary/aromatic N) is 2. The summed E-state index contributed by atoms with van der Waals surface area (Å²) in [5.74, 6) is -0.174. The summed E-state index contributed by atoms with van der Waals surface area (Å²) in [5.41, 5.74) is 3.47. The molecule has 3 aromatic carbocycles. The maximum Gasteiger partial charge on any atom is 0.253 e. The summed E-state index contributed by atoms with van der Waals surface area (Å²) in [6.45, 7) is 0.394. The predicted octanol–water partition coefficient (Wildman–Crippen LogP) is 5.05. The first-order chi connectivity index (χ1) is 17.9. The van der Waals surface area contributed by atoms with Crippen molar-refractivity contribution in [1.82, 2.24) is 15.2 Å². The molecule has 0 saturated heterocycles. The van der Waals surface area contributed by atoms with Crippen LogP contribution in [0.25, 0.3) is 11.1 Å². The van der Waals surface area contributed by atoms with Crippen molar-refractivity contribution < 1.29 is 18.7 Å². The van der Waals surface area contributed by atoms with Crippen LogP contribution in [-0.4, -0.2) is 42.4 Å². The summed E-state index contributed by atoms with van der Waals surface area (Å²) in [4.78, 5) is 31.7. The lowest BCUT2D eigenvalue weighted by Gasteiger charge is -2.39. The van der Waals surface area contributed by atoms with E-state index in [2.05, 4.69) is 10.3 Å². The molecule has 7 heteroatoms. The fourth-order valence-electron chi connectivity index (χ4n) is 4.61. The van der Waals surface area contributed by atoms with E-state index < -0.39 is 11.4 Å². The van der Waals surface area contributed by atoms with E-state index in [1.165, 1.54) is 24.3 Å². The summed E-state index contributed by atoms with van der Waals surface area (Å²) in [6.07, 6.45) is 2.15. The minimum atomic E-state index is -0.930. The van der Waals surface area contributed by atoms with Crippen molar-refractivity contribution in [1.29, 1.82) is 0 Å². The molecule has 0 saturated carbocycles. The van der Waals surface area contributed by atoms with Gasteiger partial charge in [0.2, 0.25) is 0 Å². The number of hydrogen-bond donors (Lipinski definition) is 1. The molecule has 0 radical (unpaired) electrons. The molecule has 2 heterocycles. The zero-order chi connectivity index (χ0) is 26.0. The van der Waals surface area contributed by atoms with Gasteiger partial charge in [-0.2, -0.15) is 0 Å². The number of ether oxygens (including phenoxy) is 1. The zero-order valence-corrected chi connectivity index (χ0v) is 20.6. The lowest BCUT2D eigenvalue weighted by atomic mass is 9.80. The van der Waals surface area contributed by atoms with Gasteiger partial charge >= 0.3 is 0 Å². The number of carbonyl (C=O) groups excluding carboxylic acids is 2. The van der Waals surface area contributed by atoms with Crippen molar-refractivity contribution in [3.63, 3.8) is 0 Å². The molecule has 1 aromatic heterocycles. The normalized spacial score (nSPS) is 16.3. The van der Waals surface area contributed by atoms with E-state index in [9.17, 15) is 14.0 Å². The lowest BCUT2D eigenvalue weighted by molar-refractivity contribution is 0.0826. The average molecular weight is 496 g/mol. The van der Waals surface area contributed by atoms with Crippen LogP contribution < -0.4 is 10.1 Å². The molecule has 4 aromatic rings. The van der Waals surface area contributed by atoms with E-state index in [4.69, 9.17) is 4.74 Å². The van der Waals surface area contributed by atoms with E-state index in [1.807, 2.05) is 54.6 Å². The molecular formula is C30H26FN3O3. The highest BCUT2D eigenvalue weighted by Gasteiger charge is 2.42. The first kappa shape index (κ1) is 24.2. The minimum Gasteiger partial charge on any atom is -0.491 e. The number of benzene rings is 3. The lowest BCUT2D eigenvalue weighted by Crippen LogP contribution is -2.50. The Kier molecular flexibility index (Phi) is 6.44. The van der Waals surface area contributed by atoms with Gasteiger partial charge in [0.25, 0.3) is 11.8 Å². The smallest absolute Gasteiger partial charge is 0.253 e. The quantitative estimate of drug-likeness (QED) is 0.421. The van der Waals surface area contributed by atoms with Crippen molar-refractivity contribution in [3.8, 4) is 16.9 Å². The molecule has 0 fully saturated rings. The summed E-state index contributed by atoms with van der Waals surface area (Å²) >= 11 is 0. The zero-order valence-electron chi connectivity index (χ0n) is 20.6. The van der Waals surface area contributed by atoms with Crippen LogP contribution in [-0.2, 0) is 5.54 Å². The van der Waals surface area contributed by atoms with E-state index in [1.54, 1.807) is 31.3 Å². The fraction of sp³-hybridized carbons (Fsp3) is 0.167. The molecule has 37 heavy (non-hydrogen) atoms. The van der Waals surface area contributed by atoms with Gasteiger partial charge in [-0.15, -0.1) is 0 Å². The fourth-order valence-corrected chi connectivity index (χ4v) is 4.61. The van der Waals surface area contributed by atoms with E-state index in [0.29, 0.717) is 35.6 Å². The van der Waals surface area contributed by atoms with Gasteiger partial charge < -0.3 is 15.0 Å². The SMILES string of the molecule is CN(C)C(=O)c1ccc(-c2ccc([C@@]3(NC(=O)c4ccc(F)cc4)CCOc4cccnc43)cc2)cc1. The molecule has 0 spiro atoms. The number of rotatable bonds is 5. The Labute approximate surface area is 214 Å². The van der Waals surface area contributed by atoms with Crippen LogP contribution in [0.4, 0.5) is 4.39 Å². The van der Waals surface area contributed by atoms with Crippen molar-refractivity contribution in [2.75, 3.05) is 20.7 Å². The largest absolute Gasteiger partial charge is 0.491 e. The Morgan fingerprint density at radius 1 is 0.892 bits per heavy atom. The van der Waals surface area contributed by atoms with Crippen LogP contribution in [0.1, 0.15) is 38.4 Å². The molecule has 1 aliphatic heterocycles. The first-order valence-corrected chi connectivity index (χ1v) is 12.0. The molecule has 5 rings (SSSR count). The summed E-state index contributed by atoms with van der Waals surface area (Å²) < 4.78 is 19.3. The summed E-state index contributed by atoms with van der Waals surface area (Å²) in [5, 5.41) is 3.18. The van der Waals surface area contributed by atoms with Crippen LogP contribution >= 0.6 is 0 Å². The number of aromatic nitrogens is 1. The van der Waals surface area contributed by atoms with E-state index in [0.717, 1.165) is 16.7 Å². The molecule has 0 unspecified atom stereocenters. The highest BCUT2D eigenvalue weighted by molar-refractivity contribution is 5.95. The molecule has 0 aliphatic carbocycles. The number of pyridine rings is 1. The number of fused-ring (bicyclic) bond motifs is 1. The molecule has 186 valence electrons. The number of amides is 2. The second-order valence-corrected chi connectivity index (χ2v) is 9.17. The predicted molar refractivity (Wildman–Crippen MR) is 139 cm³/mol. The average Bonchev–Trinajstić information content (AvgIpc) is 2.93. The standard InChI is InChI=1S/C30H26FN3O3/c1-34(2)29(36)23-7-5-20(6-8-23)21-9-13-24(14-10-21)30(17-19-37-26-4-3-18-32-27(26)30)33-28(35)22-11-15-25(31)16-12-22/h3-16,18H,17,19H2,1-2H3,(H,33,35)/t30-/m0/s1. The van der Waals surface area contributed by atoms with Gasteiger partial charge in [0, 0.05) is 37.8 Å². The Morgan fingerprint density at radius 2 is 1.51 bits per heavy atom. The molecule has 1 atom stereocenters. The third-order valence-corrected chi connectivity index (χ3v) is 6.59. The van der Waals surface area contributed by atoms with Crippen LogP contribution in [0, 0.1) is 5.82 Å². The maximum absolute atomic E-state index is 13.4. The van der Waals surface area contributed by atoms with Crippen LogP contribution in [0.3, 0.4) is 0 Å². The second-order valence-electron chi connectivity index (χ2n) is 9.17. The first-order valence-electron chi connectivity index (χ1n) is 12.0. The number of halogens is 1. The van der Waals surface area contributed by atoms with Crippen molar-refractivity contribution in [3.05, 3.63) is 119 Å². The second kappa shape index (κ2) is 9.85. The Morgan fingerprint density at radius 3 is 2.16 bits per heavy atom. The van der Waals surface area contributed by atoms with Crippen molar-refractivity contribution >= 4 is 11.8 Å². The van der Waals surface area contributed by atoms with Gasteiger partial charge in [-0.3, -0.25) is 14.6 Å².